The van der Waals surface area contributed by atoms with Gasteiger partial charge in [-0.2, -0.15) is 11.8 Å². The summed E-state index contributed by atoms with van der Waals surface area (Å²) in [6.45, 7) is 5.97. The molecule has 2 amide bonds. The number of thioether (sulfide) groups is 1. The van der Waals surface area contributed by atoms with Crippen LogP contribution in [-0.2, 0) is 33.4 Å². The van der Waals surface area contributed by atoms with Gasteiger partial charge in [-0.15, -0.1) is 5.10 Å². The molecule has 2 rings (SSSR count). The molecule has 1 aromatic heterocycles. The Balaban J connectivity index is 2.02. The van der Waals surface area contributed by atoms with Crippen molar-refractivity contribution in [3.05, 3.63) is 6.20 Å². The van der Waals surface area contributed by atoms with Gasteiger partial charge in [-0.25, -0.2) is 4.68 Å². The monoisotopic (exact) mass is 1100 g/mol. The Labute approximate surface area is 463 Å². The van der Waals surface area contributed by atoms with Gasteiger partial charge < -0.3 is 45.3 Å². The highest BCUT2D eigenvalue weighted by Crippen LogP contribution is 2.28. The minimum atomic E-state index is -1.64. The summed E-state index contributed by atoms with van der Waals surface area (Å²) in [5.41, 5.74) is 0. The summed E-state index contributed by atoms with van der Waals surface area (Å²) in [6, 6.07) is -1.04. The first kappa shape index (κ1) is 69.3. The van der Waals surface area contributed by atoms with Crippen LogP contribution in [0.25, 0.3) is 0 Å². The summed E-state index contributed by atoms with van der Waals surface area (Å²) in [6.07, 6.45) is 36.4. The van der Waals surface area contributed by atoms with Crippen LogP contribution in [0.15, 0.2) is 6.20 Å². The topological polar surface area (TPSA) is 232 Å². The zero-order chi connectivity index (χ0) is 55.3. The van der Waals surface area contributed by atoms with Crippen LogP contribution in [-0.4, -0.2) is 120 Å². The van der Waals surface area contributed by atoms with Crippen LogP contribution in [0.1, 0.15) is 277 Å². The van der Waals surface area contributed by atoms with Gasteiger partial charge in [0.05, 0.1) is 12.8 Å². The van der Waals surface area contributed by atoms with Crippen LogP contribution < -0.4 is 10.6 Å². The number of rotatable bonds is 51. The highest BCUT2D eigenvalue weighted by molar-refractivity contribution is 7.99. The van der Waals surface area contributed by atoms with Gasteiger partial charge in [0.25, 0.3) is 0 Å². The lowest BCUT2D eigenvalue weighted by atomic mass is 9.98. The van der Waals surface area contributed by atoms with E-state index in [0.717, 1.165) is 62.5 Å². The third-order valence-corrected chi connectivity index (χ3v) is 15.8. The average molecular weight is 1100 g/mol. The van der Waals surface area contributed by atoms with E-state index in [4.69, 9.17) is 14.2 Å². The van der Waals surface area contributed by atoms with Crippen molar-refractivity contribution >= 4 is 41.3 Å². The van der Waals surface area contributed by atoms with Crippen LogP contribution in [0.2, 0.25) is 0 Å². The fourth-order valence-electron chi connectivity index (χ4n) is 9.71. The van der Waals surface area contributed by atoms with Gasteiger partial charge >= 0.3 is 11.9 Å². The third-order valence-electron chi connectivity index (χ3n) is 14.6. The number of ether oxygens (including phenoxy) is 3. The molecule has 1 aliphatic heterocycles. The molecule has 0 bridgehead atoms. The first-order valence-electron chi connectivity index (χ1n) is 30.8. The van der Waals surface area contributed by atoms with E-state index < -0.39 is 55.3 Å². The van der Waals surface area contributed by atoms with E-state index in [-0.39, 0.29) is 54.6 Å². The number of nitrogens with zero attached hydrogens (tertiary/aromatic N) is 3. The standard InChI is InChI=1S/C59H109N5O11S/c1-4-7-10-13-16-19-22-25-28-31-34-37-40-52(66)60-49(58(72)61-51-43-64(63-62-51)59-57(71)56(70)55(69)50(44-65)75-59)47-76-46-48(74-54(68)42-39-36-33-30-27-24-21-18-15-12-9-6-3)45-73-53(67)41-38-35-32-29-26-23-20-17-14-11-8-5-2/h43,48-50,55-57,59,65,69-71H,4-42,44-47H2,1-3H3,(H,60,66)(H,61,72)/t48-,49-,50?,55?,56?,57?,59-/m1/s1. The number of esters is 2. The van der Waals surface area contributed by atoms with Crippen LogP contribution >= 0.6 is 11.8 Å². The van der Waals surface area contributed by atoms with Crippen molar-refractivity contribution in [2.75, 3.05) is 30.0 Å². The zero-order valence-corrected chi connectivity index (χ0v) is 48.7. The Morgan fingerprint density at radius 3 is 1.45 bits per heavy atom. The molecule has 1 aromatic rings. The molecular weight excluding hydrogens is 987 g/mol. The first-order valence-corrected chi connectivity index (χ1v) is 31.9. The molecule has 4 unspecified atom stereocenters. The van der Waals surface area contributed by atoms with Crippen LogP contribution in [0.3, 0.4) is 0 Å². The molecule has 1 saturated heterocycles. The summed E-state index contributed by atoms with van der Waals surface area (Å²) in [4.78, 5) is 53.5. The average Bonchev–Trinajstić information content (AvgIpc) is 3.87. The van der Waals surface area contributed by atoms with Gasteiger partial charge in [-0.05, 0) is 19.3 Å². The number of amides is 2. The second kappa shape index (κ2) is 47.0. The van der Waals surface area contributed by atoms with Crippen LogP contribution in [0.5, 0.6) is 0 Å². The highest BCUT2D eigenvalue weighted by atomic mass is 32.2. The Kier molecular flexibility index (Phi) is 42.9. The predicted octanol–water partition coefficient (Wildman–Crippen LogP) is 12.1. The maximum Gasteiger partial charge on any atom is 0.306 e. The van der Waals surface area contributed by atoms with Gasteiger partial charge in [0.1, 0.15) is 43.2 Å². The Morgan fingerprint density at radius 1 is 0.579 bits per heavy atom. The van der Waals surface area contributed by atoms with E-state index in [1.54, 1.807) is 0 Å². The fraction of sp³-hybridized carbons (Fsp3) is 0.898. The van der Waals surface area contributed by atoms with E-state index >= 15 is 0 Å². The van der Waals surface area contributed by atoms with E-state index in [9.17, 15) is 39.6 Å². The highest BCUT2D eigenvalue weighted by Gasteiger charge is 2.45. The molecule has 0 radical (unpaired) electrons. The largest absolute Gasteiger partial charge is 0.462 e. The van der Waals surface area contributed by atoms with Crippen molar-refractivity contribution in [2.45, 2.75) is 314 Å². The Hall–Kier alpha value is -2.83. The maximum absolute atomic E-state index is 13.9. The molecule has 0 saturated carbocycles. The number of hydrogen-bond acceptors (Lipinski definition) is 14. The Morgan fingerprint density at radius 2 is 1.00 bits per heavy atom. The minimum absolute atomic E-state index is 0.0307. The molecule has 0 aliphatic carbocycles. The quantitative estimate of drug-likeness (QED) is 0.0263. The van der Waals surface area contributed by atoms with Crippen LogP contribution in [0, 0.1) is 0 Å². The number of nitrogens with one attached hydrogen (secondary N) is 2. The van der Waals surface area contributed by atoms with Crippen molar-refractivity contribution in [2.24, 2.45) is 0 Å². The first-order chi connectivity index (χ1) is 37.0. The van der Waals surface area contributed by atoms with Gasteiger partial charge in [0.2, 0.25) is 11.8 Å². The summed E-state index contributed by atoms with van der Waals surface area (Å²) >= 11 is 1.29. The smallest absolute Gasteiger partial charge is 0.306 e. The van der Waals surface area contributed by atoms with E-state index in [1.807, 2.05) is 0 Å². The molecule has 6 N–H and O–H groups in total. The van der Waals surface area contributed by atoms with E-state index in [1.165, 1.54) is 178 Å². The molecule has 2 heterocycles. The van der Waals surface area contributed by atoms with E-state index in [2.05, 4.69) is 41.7 Å². The van der Waals surface area contributed by atoms with Crippen LogP contribution in [0.4, 0.5) is 5.82 Å². The number of anilines is 1. The van der Waals surface area contributed by atoms with Gasteiger partial charge in [-0.3, -0.25) is 19.2 Å². The molecule has 7 atom stereocenters. The molecule has 1 aliphatic rings. The number of aromatic nitrogens is 3. The van der Waals surface area contributed by atoms with Crippen molar-refractivity contribution in [1.82, 2.24) is 20.3 Å². The van der Waals surface area contributed by atoms with Crippen molar-refractivity contribution in [1.29, 1.82) is 0 Å². The minimum Gasteiger partial charge on any atom is -0.462 e. The number of carbonyl (C=O) groups excluding carboxylic acids is 4. The molecule has 76 heavy (non-hydrogen) atoms. The van der Waals surface area contributed by atoms with Crippen molar-refractivity contribution < 1.29 is 53.8 Å². The lowest BCUT2D eigenvalue weighted by Crippen LogP contribution is -2.56. The molecular formula is C59H109N5O11S. The third kappa shape index (κ3) is 34.2. The molecule has 16 nitrogen and oxygen atoms in total. The molecule has 0 spiro atoms. The Bertz CT molecular complexity index is 1590. The summed E-state index contributed by atoms with van der Waals surface area (Å²) in [5.74, 6) is -1.30. The lowest BCUT2D eigenvalue weighted by Gasteiger charge is -2.39. The molecule has 442 valence electrons. The summed E-state index contributed by atoms with van der Waals surface area (Å²) in [7, 11) is 0. The second-order valence-electron chi connectivity index (χ2n) is 21.7. The number of carbonyl (C=O) groups is 4. The molecule has 1 fully saturated rings. The van der Waals surface area contributed by atoms with Gasteiger partial charge in [0, 0.05) is 30.8 Å². The predicted molar refractivity (Wildman–Crippen MR) is 305 cm³/mol. The SMILES string of the molecule is CCCCCCCCCCCCCCC(=O)N[C@H](CSC[C@@H](COC(=O)CCCCCCCCCCCCCC)OC(=O)CCCCCCCCCCCCCC)C(=O)Nc1cn([C@@H]2OC(CO)C(O)C(O)C2O)nn1. The van der Waals surface area contributed by atoms with Gasteiger partial charge in [0.15, 0.2) is 12.0 Å². The van der Waals surface area contributed by atoms with Crippen molar-refractivity contribution in [3.8, 4) is 0 Å². The van der Waals surface area contributed by atoms with Crippen molar-refractivity contribution in [3.63, 3.8) is 0 Å². The molecule has 0 aromatic carbocycles. The number of unbranched alkanes of at least 4 members (excludes halogenated alkanes) is 33. The number of aliphatic hydroxyl groups is 4. The lowest BCUT2D eigenvalue weighted by molar-refractivity contribution is -0.254. The van der Waals surface area contributed by atoms with E-state index in [0.29, 0.717) is 19.3 Å². The summed E-state index contributed by atoms with van der Waals surface area (Å²) in [5, 5.41) is 54.4. The number of aliphatic hydroxyl groups excluding tert-OH is 4. The summed E-state index contributed by atoms with van der Waals surface area (Å²) < 4.78 is 18.3. The number of hydrogen-bond donors (Lipinski definition) is 6. The van der Waals surface area contributed by atoms with Gasteiger partial charge in [-0.1, -0.05) is 238 Å². The second-order valence-corrected chi connectivity index (χ2v) is 22.7. The fourth-order valence-corrected chi connectivity index (χ4v) is 10.7. The molecule has 17 heteroatoms. The zero-order valence-electron chi connectivity index (χ0n) is 47.9. The normalized spacial score (nSPS) is 18.3. The maximum atomic E-state index is 13.9.